The Kier molecular flexibility index (Phi) is 3.46. The first-order valence-electron chi connectivity index (χ1n) is 5.46. The number of benzene rings is 2. The topological polar surface area (TPSA) is 3.24 Å². The van der Waals surface area contributed by atoms with Crippen LogP contribution in [0.3, 0.4) is 0 Å². The van der Waals surface area contributed by atoms with Crippen molar-refractivity contribution >= 4 is 11.4 Å². The Bertz CT molecular complexity index is 563. The molecule has 1 nitrogen and oxygen atoms in total. The molecule has 0 atom stereocenters. The van der Waals surface area contributed by atoms with Gasteiger partial charge in [0.2, 0.25) is 0 Å². The summed E-state index contributed by atoms with van der Waals surface area (Å²) in [5.41, 5.74) is -0.308. The number of hydrogen-bond acceptors (Lipinski definition) is 1. The molecule has 0 saturated heterocycles. The summed E-state index contributed by atoms with van der Waals surface area (Å²) >= 11 is 0. The fourth-order valence-electron chi connectivity index (χ4n) is 1.69. The molecule has 99 valence electrons. The van der Waals surface area contributed by atoms with Gasteiger partial charge in [0, 0.05) is 18.4 Å². The Morgan fingerprint density at radius 3 is 2.21 bits per heavy atom. The molecule has 0 aromatic heterocycles. The van der Waals surface area contributed by atoms with Gasteiger partial charge in [0.15, 0.2) is 0 Å². The van der Waals surface area contributed by atoms with Crippen molar-refractivity contribution in [3.63, 3.8) is 0 Å². The third kappa shape index (κ3) is 2.86. The van der Waals surface area contributed by atoms with E-state index in [2.05, 4.69) is 6.07 Å². The molecule has 0 aliphatic carbocycles. The average Bonchev–Trinajstić information content (AvgIpc) is 2.38. The minimum Gasteiger partial charge on any atom is -0.345 e. The second-order valence-electron chi connectivity index (χ2n) is 3.98. The molecule has 0 spiro atoms. The van der Waals surface area contributed by atoms with E-state index in [0.29, 0.717) is 5.69 Å². The van der Waals surface area contributed by atoms with E-state index in [1.807, 2.05) is 0 Å². The first kappa shape index (κ1) is 13.4. The van der Waals surface area contributed by atoms with Gasteiger partial charge in [-0.05, 0) is 36.4 Å². The third-order valence-electron chi connectivity index (χ3n) is 2.73. The molecule has 0 amide bonds. The van der Waals surface area contributed by atoms with Crippen molar-refractivity contribution in [3.8, 4) is 0 Å². The number of rotatable bonds is 2. The monoisotopic (exact) mass is 268 g/mol. The molecule has 1 radical (unpaired) electrons. The van der Waals surface area contributed by atoms with Crippen LogP contribution in [0.15, 0.2) is 42.5 Å². The van der Waals surface area contributed by atoms with Crippen LogP contribution in [0.5, 0.6) is 0 Å². The Morgan fingerprint density at radius 2 is 1.63 bits per heavy atom. The normalized spacial score (nSPS) is 11.4. The number of hydrogen-bond donors (Lipinski definition) is 0. The first-order chi connectivity index (χ1) is 8.89. The van der Waals surface area contributed by atoms with Gasteiger partial charge in [0.05, 0.1) is 5.56 Å². The highest BCUT2D eigenvalue weighted by atomic mass is 19.4. The van der Waals surface area contributed by atoms with Crippen molar-refractivity contribution in [1.29, 1.82) is 0 Å². The van der Waals surface area contributed by atoms with Crippen molar-refractivity contribution in [2.24, 2.45) is 0 Å². The SMILES string of the molecule is CN(c1cc[c]cc1)c1ccc(F)c(C(F)(F)F)c1. The number of anilines is 2. The summed E-state index contributed by atoms with van der Waals surface area (Å²) < 4.78 is 51.1. The number of halogens is 4. The molecule has 19 heavy (non-hydrogen) atoms. The minimum atomic E-state index is -4.70. The Balaban J connectivity index is 2.42. The van der Waals surface area contributed by atoms with Gasteiger partial charge in [-0.3, -0.25) is 0 Å². The number of nitrogens with zero attached hydrogens (tertiary/aromatic N) is 1. The van der Waals surface area contributed by atoms with Crippen LogP contribution in [0.2, 0.25) is 0 Å². The van der Waals surface area contributed by atoms with E-state index in [1.54, 1.807) is 36.2 Å². The van der Waals surface area contributed by atoms with Gasteiger partial charge < -0.3 is 4.90 Å². The van der Waals surface area contributed by atoms with Crippen molar-refractivity contribution in [1.82, 2.24) is 0 Å². The summed E-state index contributed by atoms with van der Waals surface area (Å²) in [6.07, 6.45) is -4.70. The molecule has 0 saturated carbocycles. The predicted molar refractivity (Wildman–Crippen MR) is 64.7 cm³/mol. The smallest absolute Gasteiger partial charge is 0.345 e. The predicted octanol–water partition coefficient (Wildman–Crippen LogP) is 4.41. The van der Waals surface area contributed by atoms with Gasteiger partial charge in [0.25, 0.3) is 0 Å². The average molecular weight is 268 g/mol. The summed E-state index contributed by atoms with van der Waals surface area (Å²) in [4.78, 5) is 1.54. The lowest BCUT2D eigenvalue weighted by atomic mass is 10.1. The van der Waals surface area contributed by atoms with Gasteiger partial charge in [0.1, 0.15) is 5.82 Å². The van der Waals surface area contributed by atoms with Crippen LogP contribution in [-0.4, -0.2) is 7.05 Å². The van der Waals surface area contributed by atoms with Gasteiger partial charge in [-0.25, -0.2) is 4.39 Å². The van der Waals surface area contributed by atoms with E-state index < -0.39 is 17.6 Å². The van der Waals surface area contributed by atoms with Gasteiger partial charge >= 0.3 is 6.18 Å². The van der Waals surface area contributed by atoms with E-state index in [1.165, 1.54) is 6.07 Å². The summed E-state index contributed by atoms with van der Waals surface area (Å²) in [5.74, 6) is -1.27. The fraction of sp³-hybridized carbons (Fsp3) is 0.143. The molecule has 0 aliphatic heterocycles. The van der Waals surface area contributed by atoms with E-state index in [0.717, 1.165) is 12.1 Å². The Hall–Kier alpha value is -2.04. The second kappa shape index (κ2) is 4.91. The molecule has 2 aromatic carbocycles. The molecular weight excluding hydrogens is 258 g/mol. The van der Waals surface area contributed by atoms with E-state index >= 15 is 0 Å². The van der Waals surface area contributed by atoms with Crippen LogP contribution >= 0.6 is 0 Å². The third-order valence-corrected chi connectivity index (χ3v) is 2.73. The van der Waals surface area contributed by atoms with Crippen molar-refractivity contribution < 1.29 is 17.6 Å². The van der Waals surface area contributed by atoms with Crippen LogP contribution in [0, 0.1) is 11.9 Å². The van der Waals surface area contributed by atoms with Crippen molar-refractivity contribution in [3.05, 3.63) is 59.9 Å². The van der Waals surface area contributed by atoms with Crippen molar-refractivity contribution in [2.75, 3.05) is 11.9 Å². The van der Waals surface area contributed by atoms with E-state index in [4.69, 9.17) is 0 Å². The van der Waals surface area contributed by atoms with Gasteiger partial charge in [-0.15, -0.1) is 0 Å². The van der Waals surface area contributed by atoms with Crippen LogP contribution in [0.25, 0.3) is 0 Å². The first-order valence-corrected chi connectivity index (χ1v) is 5.46. The summed E-state index contributed by atoms with van der Waals surface area (Å²) in [5, 5.41) is 0. The number of alkyl halides is 3. The molecule has 0 bridgehead atoms. The summed E-state index contributed by atoms with van der Waals surface area (Å²) in [6.45, 7) is 0. The van der Waals surface area contributed by atoms with Crippen LogP contribution in [0.1, 0.15) is 5.56 Å². The van der Waals surface area contributed by atoms with E-state index in [-0.39, 0.29) is 5.69 Å². The second-order valence-corrected chi connectivity index (χ2v) is 3.98. The highest BCUT2D eigenvalue weighted by Crippen LogP contribution is 2.35. The largest absolute Gasteiger partial charge is 0.419 e. The Labute approximate surface area is 108 Å². The molecule has 0 fully saturated rings. The zero-order valence-corrected chi connectivity index (χ0v) is 10.0. The quantitative estimate of drug-likeness (QED) is 0.729. The van der Waals surface area contributed by atoms with Crippen LogP contribution in [0.4, 0.5) is 28.9 Å². The maximum atomic E-state index is 13.2. The van der Waals surface area contributed by atoms with E-state index in [9.17, 15) is 17.6 Å². The molecule has 5 heteroatoms. The standard InChI is InChI=1S/C14H10F4N/c1-19(10-5-3-2-4-6-10)11-7-8-13(15)12(9-11)14(16,17)18/h3-9H,1H3. The molecule has 0 aliphatic rings. The summed E-state index contributed by atoms with van der Waals surface area (Å²) in [7, 11) is 1.61. The zero-order valence-electron chi connectivity index (χ0n) is 10.0. The van der Waals surface area contributed by atoms with Gasteiger partial charge in [-0.1, -0.05) is 12.1 Å². The lowest BCUT2D eigenvalue weighted by Crippen LogP contribution is -2.13. The fourth-order valence-corrected chi connectivity index (χ4v) is 1.69. The molecule has 0 unspecified atom stereocenters. The lowest BCUT2D eigenvalue weighted by molar-refractivity contribution is -0.139. The molecule has 0 heterocycles. The Morgan fingerprint density at radius 1 is 1.00 bits per heavy atom. The van der Waals surface area contributed by atoms with Crippen LogP contribution in [-0.2, 0) is 6.18 Å². The molecule has 2 aromatic rings. The lowest BCUT2D eigenvalue weighted by Gasteiger charge is -2.20. The van der Waals surface area contributed by atoms with Crippen molar-refractivity contribution in [2.45, 2.75) is 6.18 Å². The maximum Gasteiger partial charge on any atom is 0.419 e. The summed E-state index contributed by atoms with van der Waals surface area (Å²) in [6, 6.07) is 12.5. The highest BCUT2D eigenvalue weighted by molar-refractivity contribution is 5.63. The van der Waals surface area contributed by atoms with Gasteiger partial charge in [-0.2, -0.15) is 13.2 Å². The molecule has 2 rings (SSSR count). The maximum absolute atomic E-state index is 13.2. The zero-order chi connectivity index (χ0) is 14.0. The molecular formula is C14H10F4N. The minimum absolute atomic E-state index is 0.264. The molecule has 0 N–H and O–H groups in total. The highest BCUT2D eigenvalue weighted by Gasteiger charge is 2.34. The van der Waals surface area contributed by atoms with Crippen LogP contribution < -0.4 is 4.90 Å².